The molecule has 8 N–H and O–H groups in total. The fourth-order valence-corrected chi connectivity index (χ4v) is 6.48. The molecule has 4 aromatic carbocycles. The second-order valence-electron chi connectivity index (χ2n) is 13.1. The molecule has 5 aromatic rings. The maximum Gasteiger partial charge on any atom is 0.345 e. The number of benzene rings is 4. The van der Waals surface area contributed by atoms with Crippen molar-refractivity contribution in [1.29, 1.82) is 0 Å². The third-order valence-electron chi connectivity index (χ3n) is 9.43. The molecule has 0 saturated heterocycles. The molecule has 0 aliphatic heterocycles. The van der Waals surface area contributed by atoms with E-state index in [1.54, 1.807) is 60.7 Å². The van der Waals surface area contributed by atoms with Gasteiger partial charge in [-0.05, 0) is 60.4 Å². The van der Waals surface area contributed by atoms with Crippen LogP contribution in [0.25, 0.3) is 10.9 Å². The van der Waals surface area contributed by atoms with E-state index >= 15 is 0 Å². The summed E-state index contributed by atoms with van der Waals surface area (Å²) in [5, 5.41) is 51.5. The molecule has 1 heterocycles. The smallest absolute Gasteiger partial charge is 0.345 e. The number of aromatic nitrogens is 1. The van der Waals surface area contributed by atoms with E-state index < -0.39 is 17.7 Å². The fourth-order valence-electron chi connectivity index (χ4n) is 6.48. The average molecular weight is 737 g/mol. The van der Waals surface area contributed by atoms with Crippen LogP contribution in [-0.4, -0.2) is 75.5 Å². The number of nitrogens with one attached hydrogen (secondary N) is 4. The van der Waals surface area contributed by atoms with Crippen molar-refractivity contribution in [3.8, 4) is 17.2 Å². The first-order valence-corrected chi connectivity index (χ1v) is 17.2. The summed E-state index contributed by atoms with van der Waals surface area (Å²) in [6.45, 7) is 0.158. The maximum atomic E-state index is 13.0. The Hall–Kier alpha value is -6.22. The minimum Gasteiger partial charge on any atom is -0.506 e. The normalized spacial score (nSPS) is 16.7. The fraction of sp³-hybridized carbons (Fsp3) is 0.250. The molecule has 2 atom stereocenters. The number of phenolic OH excluding ortho intramolecular Hbond substituents is 1. The molecule has 0 spiro atoms. The van der Waals surface area contributed by atoms with Crippen LogP contribution in [0.1, 0.15) is 51.6 Å². The Morgan fingerprint density at radius 3 is 2.39 bits per heavy atom. The Kier molecular flexibility index (Phi) is 11.3. The van der Waals surface area contributed by atoms with E-state index in [0.717, 1.165) is 5.56 Å². The van der Waals surface area contributed by atoms with Crippen molar-refractivity contribution in [1.82, 2.24) is 20.9 Å². The Balaban J connectivity index is 0.954. The highest BCUT2D eigenvalue weighted by Crippen LogP contribution is 2.32. The topological polar surface area (TPSA) is 220 Å². The Labute approximate surface area is 309 Å². The van der Waals surface area contributed by atoms with Crippen molar-refractivity contribution >= 4 is 28.7 Å². The zero-order valence-corrected chi connectivity index (χ0v) is 29.2. The van der Waals surface area contributed by atoms with Gasteiger partial charge >= 0.3 is 5.97 Å². The SMILES string of the molecule is COc1cc(C(=O)NC2CC(NC(=O)COc3cccc([C@](O)(C(=O)O)c4ccccc4)c3)C2)ccc1CNC[C@H](O)c1ccc(O)c2[nH]c(=O)ccc12. The van der Waals surface area contributed by atoms with Crippen LogP contribution in [0.2, 0.25) is 0 Å². The quantitative estimate of drug-likeness (QED) is 0.0781. The van der Waals surface area contributed by atoms with Crippen molar-refractivity contribution in [2.75, 3.05) is 20.3 Å². The predicted octanol–water partition coefficient (Wildman–Crippen LogP) is 2.84. The van der Waals surface area contributed by atoms with E-state index in [-0.39, 0.29) is 70.8 Å². The largest absolute Gasteiger partial charge is 0.506 e. The number of hydrogen-bond donors (Lipinski definition) is 8. The number of carbonyl (C=O) groups is 3. The van der Waals surface area contributed by atoms with Gasteiger partial charge in [-0.1, -0.05) is 54.6 Å². The first-order valence-electron chi connectivity index (χ1n) is 17.2. The van der Waals surface area contributed by atoms with Crippen LogP contribution < -0.4 is 31.0 Å². The number of fused-ring (bicyclic) bond motifs is 1. The second kappa shape index (κ2) is 16.2. The van der Waals surface area contributed by atoms with E-state index in [2.05, 4.69) is 20.9 Å². The highest BCUT2D eigenvalue weighted by atomic mass is 16.5. The number of methoxy groups -OCH3 is 1. The lowest BCUT2D eigenvalue weighted by molar-refractivity contribution is -0.155. The number of ether oxygens (including phenoxy) is 2. The molecule has 280 valence electrons. The lowest BCUT2D eigenvalue weighted by Crippen LogP contribution is -2.54. The number of H-pyrrole nitrogens is 1. The lowest BCUT2D eigenvalue weighted by Gasteiger charge is -2.36. The lowest BCUT2D eigenvalue weighted by atomic mass is 9.86. The molecule has 1 aromatic heterocycles. The third-order valence-corrected chi connectivity index (χ3v) is 9.43. The minimum absolute atomic E-state index is 0.0810. The van der Waals surface area contributed by atoms with Crippen LogP contribution in [-0.2, 0) is 21.7 Å². The summed E-state index contributed by atoms with van der Waals surface area (Å²) in [6.07, 6.45) is 0.0943. The molecule has 1 saturated carbocycles. The molecule has 0 radical (unpaired) electrons. The van der Waals surface area contributed by atoms with Crippen molar-refractivity contribution < 1.29 is 44.3 Å². The standard InChI is InChI=1S/C40H40N4O10/c1-53-34-16-23(10-11-24(34)20-41-21-33(46)30-12-14-32(45)37-31(30)13-15-35(47)44-37)38(49)43-28-18-27(19-28)42-36(48)22-54-29-9-5-8-26(17-29)40(52,39(50)51)25-6-3-2-4-7-25/h2-17,27-28,33,41,45-46,52H,18-22H2,1H3,(H,42,48)(H,43,49)(H,44,47)(H,50,51)/t27?,28?,33-,40-/m0/s1. The van der Waals surface area contributed by atoms with E-state index in [9.17, 15) is 39.6 Å². The molecule has 54 heavy (non-hydrogen) atoms. The van der Waals surface area contributed by atoms with Crippen molar-refractivity contribution in [3.05, 3.63) is 135 Å². The first-order chi connectivity index (χ1) is 26.0. The molecule has 14 heteroatoms. The number of aromatic amines is 1. The molecular weight excluding hydrogens is 696 g/mol. The number of hydrogen-bond acceptors (Lipinski definition) is 10. The number of carbonyl (C=O) groups excluding carboxylic acids is 2. The van der Waals surface area contributed by atoms with E-state index in [1.165, 1.54) is 43.5 Å². The number of aliphatic hydroxyl groups excluding tert-OH is 1. The van der Waals surface area contributed by atoms with Gasteiger partial charge in [0, 0.05) is 53.3 Å². The number of aromatic hydroxyl groups is 1. The van der Waals surface area contributed by atoms with Crippen LogP contribution in [0, 0.1) is 0 Å². The van der Waals surface area contributed by atoms with Gasteiger partial charge in [0.15, 0.2) is 6.61 Å². The highest BCUT2D eigenvalue weighted by Gasteiger charge is 2.40. The Bertz CT molecular complexity index is 2220. The van der Waals surface area contributed by atoms with Gasteiger partial charge in [0.25, 0.3) is 11.8 Å². The summed E-state index contributed by atoms with van der Waals surface area (Å²) in [5.41, 5.74) is -0.465. The zero-order chi connectivity index (χ0) is 38.4. The van der Waals surface area contributed by atoms with Crippen LogP contribution >= 0.6 is 0 Å². The number of carboxylic acids is 1. The minimum atomic E-state index is -2.30. The summed E-state index contributed by atoms with van der Waals surface area (Å²) in [6, 6.07) is 24.6. The van der Waals surface area contributed by atoms with Crippen molar-refractivity contribution in [3.63, 3.8) is 0 Å². The molecule has 6 rings (SSSR count). The molecule has 1 aliphatic carbocycles. The maximum absolute atomic E-state index is 13.0. The highest BCUT2D eigenvalue weighted by molar-refractivity contribution is 5.95. The van der Waals surface area contributed by atoms with E-state index in [4.69, 9.17) is 9.47 Å². The van der Waals surface area contributed by atoms with E-state index in [1.807, 2.05) is 0 Å². The van der Waals surface area contributed by atoms with Gasteiger partial charge in [-0.3, -0.25) is 14.4 Å². The molecule has 1 aliphatic rings. The number of pyridine rings is 1. The molecule has 0 bridgehead atoms. The predicted molar refractivity (Wildman–Crippen MR) is 197 cm³/mol. The molecular formula is C40H40N4O10. The molecule has 1 fully saturated rings. The van der Waals surface area contributed by atoms with E-state index in [0.29, 0.717) is 41.6 Å². The summed E-state index contributed by atoms with van der Waals surface area (Å²) in [7, 11) is 1.50. The summed E-state index contributed by atoms with van der Waals surface area (Å²) >= 11 is 0. The number of aliphatic hydroxyl groups is 2. The van der Waals surface area contributed by atoms with Crippen LogP contribution in [0.5, 0.6) is 17.2 Å². The summed E-state index contributed by atoms with van der Waals surface area (Å²) in [5.74, 6) is -1.53. The number of carboxylic acid groups (broad SMARTS) is 1. The number of rotatable bonds is 15. The van der Waals surface area contributed by atoms with Gasteiger partial charge in [0.1, 0.15) is 17.2 Å². The van der Waals surface area contributed by atoms with Crippen LogP contribution in [0.3, 0.4) is 0 Å². The third kappa shape index (κ3) is 8.20. The second-order valence-corrected chi connectivity index (χ2v) is 13.1. The Morgan fingerprint density at radius 2 is 1.65 bits per heavy atom. The molecule has 14 nitrogen and oxygen atoms in total. The van der Waals surface area contributed by atoms with Crippen molar-refractivity contribution in [2.45, 2.75) is 43.2 Å². The average Bonchev–Trinajstić information content (AvgIpc) is 3.16. The van der Waals surface area contributed by atoms with Crippen molar-refractivity contribution in [2.24, 2.45) is 0 Å². The van der Waals surface area contributed by atoms with Gasteiger partial charge < -0.3 is 50.8 Å². The number of phenols is 1. The van der Waals surface area contributed by atoms with Gasteiger partial charge in [-0.2, -0.15) is 0 Å². The van der Waals surface area contributed by atoms with Gasteiger partial charge in [0.2, 0.25) is 11.2 Å². The summed E-state index contributed by atoms with van der Waals surface area (Å²) < 4.78 is 11.1. The Morgan fingerprint density at radius 1 is 0.907 bits per heavy atom. The van der Waals surface area contributed by atoms with Gasteiger partial charge in [0.05, 0.1) is 18.7 Å². The summed E-state index contributed by atoms with van der Waals surface area (Å²) in [4.78, 5) is 52.1. The van der Waals surface area contributed by atoms with Crippen LogP contribution in [0.4, 0.5) is 0 Å². The number of amides is 2. The van der Waals surface area contributed by atoms with Crippen LogP contribution in [0.15, 0.2) is 102 Å². The van der Waals surface area contributed by atoms with Gasteiger partial charge in [-0.15, -0.1) is 0 Å². The molecule has 0 unspecified atom stereocenters. The van der Waals surface area contributed by atoms with Gasteiger partial charge in [-0.25, -0.2) is 4.79 Å². The zero-order valence-electron chi connectivity index (χ0n) is 29.2. The number of aliphatic carboxylic acids is 1. The monoisotopic (exact) mass is 736 g/mol. The molecule has 2 amide bonds. The first kappa shape index (κ1) is 37.5.